The molecular weight excluding hydrogens is 216 g/mol. The average molecular weight is 221 g/mol. The first-order valence-corrected chi connectivity index (χ1v) is 4.65. The highest BCUT2D eigenvalue weighted by Gasteiger charge is 2.10. The van der Waals surface area contributed by atoms with Crippen molar-refractivity contribution in [2.75, 3.05) is 0 Å². The van der Waals surface area contributed by atoms with Crippen molar-refractivity contribution in [3.05, 3.63) is 41.0 Å². The zero-order valence-electron chi connectivity index (χ0n) is 7.46. The van der Waals surface area contributed by atoms with Gasteiger partial charge in [0.05, 0.1) is 0 Å². The Balaban J connectivity index is 2.61. The maximum atomic E-state index is 11.6. The van der Waals surface area contributed by atoms with E-state index in [1.165, 1.54) is 6.20 Å². The summed E-state index contributed by atoms with van der Waals surface area (Å²) in [6, 6.07) is 5.11. The van der Waals surface area contributed by atoms with Gasteiger partial charge in [0.1, 0.15) is 11.8 Å². The van der Waals surface area contributed by atoms with E-state index in [-0.39, 0.29) is 0 Å². The molecule has 0 bridgehead atoms. The molecule has 6 heteroatoms. The predicted octanol–water partition coefficient (Wildman–Crippen LogP) is 1.17. The molecule has 74 valence electrons. The molecule has 0 unspecified atom stereocenters. The third kappa shape index (κ3) is 1.13. The number of aromatic nitrogens is 4. The van der Waals surface area contributed by atoms with Crippen molar-refractivity contribution >= 4 is 28.3 Å². The average Bonchev–Trinajstić information content (AvgIpc) is 2.66. The first-order chi connectivity index (χ1) is 7.25. The summed E-state index contributed by atoms with van der Waals surface area (Å²) >= 11 is 5.82. The van der Waals surface area contributed by atoms with Gasteiger partial charge in [0.15, 0.2) is 0 Å². The third-order valence-electron chi connectivity index (χ3n) is 2.24. The van der Waals surface area contributed by atoms with E-state index in [9.17, 15) is 5.21 Å². The fourth-order valence-corrected chi connectivity index (χ4v) is 1.74. The zero-order chi connectivity index (χ0) is 10.4. The Bertz CT molecular complexity index is 664. The molecule has 0 spiro atoms. The van der Waals surface area contributed by atoms with Crippen LogP contribution in [0.4, 0.5) is 0 Å². The second-order valence-corrected chi connectivity index (χ2v) is 3.58. The van der Waals surface area contributed by atoms with Crippen molar-refractivity contribution in [1.29, 1.82) is 0 Å². The molecule has 0 aliphatic carbocycles. The first kappa shape index (κ1) is 8.43. The van der Waals surface area contributed by atoms with Gasteiger partial charge in [-0.15, -0.1) is 10.2 Å². The number of halogens is 1. The van der Waals surface area contributed by atoms with Gasteiger partial charge in [-0.3, -0.25) is 4.40 Å². The van der Waals surface area contributed by atoms with Gasteiger partial charge >= 0.3 is 0 Å². The van der Waals surface area contributed by atoms with Gasteiger partial charge in [-0.1, -0.05) is 11.6 Å². The molecule has 2 heterocycles. The van der Waals surface area contributed by atoms with Gasteiger partial charge in [-0.25, -0.2) is 0 Å². The van der Waals surface area contributed by atoms with E-state index in [2.05, 4.69) is 10.2 Å². The number of fused-ring (bicyclic) bond motifs is 3. The Hall–Kier alpha value is -1.88. The van der Waals surface area contributed by atoms with Gasteiger partial charge in [0.25, 0.3) is 0 Å². The monoisotopic (exact) mass is 220 g/mol. The van der Waals surface area contributed by atoms with E-state index in [1.807, 2.05) is 0 Å². The molecule has 3 aromatic rings. The standard InChI is InChI=1S/C9H5ClN4O/c10-6-1-2-7-8(3-6)14(15)4-9-12-11-5-13(7)9/h1-5H. The van der Waals surface area contributed by atoms with Crippen LogP contribution in [-0.4, -0.2) is 14.6 Å². The second-order valence-electron chi connectivity index (χ2n) is 3.15. The zero-order valence-corrected chi connectivity index (χ0v) is 8.22. The number of hydrogen-bond acceptors (Lipinski definition) is 3. The van der Waals surface area contributed by atoms with Gasteiger partial charge in [-0.05, 0) is 12.1 Å². The number of benzene rings is 1. The van der Waals surface area contributed by atoms with Crippen LogP contribution in [0.5, 0.6) is 0 Å². The second kappa shape index (κ2) is 2.80. The van der Waals surface area contributed by atoms with Crippen molar-refractivity contribution in [3.63, 3.8) is 0 Å². The summed E-state index contributed by atoms with van der Waals surface area (Å²) < 4.78 is 2.48. The van der Waals surface area contributed by atoms with Gasteiger partial charge < -0.3 is 5.21 Å². The van der Waals surface area contributed by atoms with Crippen molar-refractivity contribution in [3.8, 4) is 0 Å². The fourth-order valence-electron chi connectivity index (χ4n) is 1.57. The molecule has 0 amide bonds. The van der Waals surface area contributed by atoms with Gasteiger partial charge in [0.2, 0.25) is 17.4 Å². The van der Waals surface area contributed by atoms with E-state index in [0.717, 1.165) is 10.2 Å². The van der Waals surface area contributed by atoms with Crippen molar-refractivity contribution in [2.24, 2.45) is 0 Å². The molecule has 0 radical (unpaired) electrons. The van der Waals surface area contributed by atoms with Crippen molar-refractivity contribution in [2.45, 2.75) is 0 Å². The maximum absolute atomic E-state index is 11.6. The molecule has 0 saturated heterocycles. The molecule has 2 aromatic heterocycles. The fraction of sp³-hybridized carbons (Fsp3) is 0. The van der Waals surface area contributed by atoms with E-state index in [0.29, 0.717) is 16.2 Å². The molecule has 0 atom stereocenters. The molecule has 1 aromatic carbocycles. The summed E-state index contributed by atoms with van der Waals surface area (Å²) in [6.45, 7) is 0. The summed E-state index contributed by atoms with van der Waals surface area (Å²) in [5, 5.41) is 19.7. The lowest BCUT2D eigenvalue weighted by molar-refractivity contribution is -0.576. The van der Waals surface area contributed by atoms with Gasteiger partial charge in [0, 0.05) is 11.1 Å². The van der Waals surface area contributed by atoms with E-state index in [4.69, 9.17) is 11.6 Å². The molecule has 0 fully saturated rings. The highest BCUT2D eigenvalue weighted by molar-refractivity contribution is 6.31. The third-order valence-corrected chi connectivity index (χ3v) is 2.48. The Labute approximate surface area is 89.1 Å². The van der Waals surface area contributed by atoms with Crippen LogP contribution in [0.25, 0.3) is 16.7 Å². The maximum Gasteiger partial charge on any atom is 0.242 e. The van der Waals surface area contributed by atoms with E-state index < -0.39 is 0 Å². The minimum absolute atomic E-state index is 0.495. The summed E-state index contributed by atoms with van der Waals surface area (Å²) in [5.41, 5.74) is 1.74. The van der Waals surface area contributed by atoms with Crippen LogP contribution in [0.3, 0.4) is 0 Å². The minimum atomic E-state index is 0.495. The highest BCUT2D eigenvalue weighted by atomic mass is 35.5. The van der Waals surface area contributed by atoms with Crippen LogP contribution < -0.4 is 4.73 Å². The lowest BCUT2D eigenvalue weighted by atomic mass is 10.3. The highest BCUT2D eigenvalue weighted by Crippen LogP contribution is 2.16. The van der Waals surface area contributed by atoms with Crippen LogP contribution in [0.2, 0.25) is 5.02 Å². The predicted molar refractivity (Wildman–Crippen MR) is 54.5 cm³/mol. The minimum Gasteiger partial charge on any atom is -0.618 e. The lowest BCUT2D eigenvalue weighted by Gasteiger charge is -2.03. The molecule has 0 aliphatic heterocycles. The summed E-state index contributed by atoms with van der Waals surface area (Å²) in [6.07, 6.45) is 2.93. The van der Waals surface area contributed by atoms with Crippen molar-refractivity contribution < 1.29 is 4.73 Å². The Kier molecular flexibility index (Phi) is 1.58. The largest absolute Gasteiger partial charge is 0.618 e. The molecule has 3 rings (SSSR count). The van der Waals surface area contributed by atoms with Crippen LogP contribution in [0.1, 0.15) is 0 Å². The molecule has 0 saturated carbocycles. The van der Waals surface area contributed by atoms with Crippen LogP contribution in [-0.2, 0) is 0 Å². The summed E-state index contributed by atoms with van der Waals surface area (Å²) in [4.78, 5) is 0. The molecule has 15 heavy (non-hydrogen) atoms. The lowest BCUT2D eigenvalue weighted by Crippen LogP contribution is -2.27. The van der Waals surface area contributed by atoms with Gasteiger partial charge in [-0.2, -0.15) is 4.73 Å². The number of hydrogen-bond donors (Lipinski definition) is 0. The molecular formula is C9H5ClN4O. The normalized spacial score (nSPS) is 11.3. The quantitative estimate of drug-likeness (QED) is 0.422. The summed E-state index contributed by atoms with van der Waals surface area (Å²) in [7, 11) is 0. The van der Waals surface area contributed by atoms with E-state index in [1.54, 1.807) is 28.9 Å². The Morgan fingerprint density at radius 2 is 2.27 bits per heavy atom. The topological polar surface area (TPSA) is 57.1 Å². The molecule has 0 N–H and O–H groups in total. The smallest absolute Gasteiger partial charge is 0.242 e. The Morgan fingerprint density at radius 1 is 1.40 bits per heavy atom. The van der Waals surface area contributed by atoms with Crippen LogP contribution >= 0.6 is 11.6 Å². The van der Waals surface area contributed by atoms with Crippen LogP contribution in [0.15, 0.2) is 30.7 Å². The number of rotatable bonds is 0. The van der Waals surface area contributed by atoms with E-state index >= 15 is 0 Å². The Morgan fingerprint density at radius 3 is 3.13 bits per heavy atom. The van der Waals surface area contributed by atoms with Crippen molar-refractivity contribution in [1.82, 2.24) is 14.6 Å². The SMILES string of the molecule is [O-][n+]1cc2nncn2c2ccc(Cl)cc21. The molecule has 5 nitrogen and oxygen atoms in total. The number of nitrogens with zero attached hydrogens (tertiary/aromatic N) is 4. The first-order valence-electron chi connectivity index (χ1n) is 4.27. The molecule has 0 aliphatic rings. The summed E-state index contributed by atoms with van der Waals surface area (Å²) in [5.74, 6) is 0. The van der Waals surface area contributed by atoms with Crippen LogP contribution in [0, 0.1) is 5.21 Å².